The number of hydrogen-bond donors (Lipinski definition) is 1. The fourth-order valence-electron chi connectivity index (χ4n) is 1.42. The molecule has 0 fully saturated rings. The first-order chi connectivity index (χ1) is 7.78. The lowest BCUT2D eigenvalue weighted by Crippen LogP contribution is -2.04. The quantitative estimate of drug-likeness (QED) is 0.850. The van der Waals surface area contributed by atoms with Crippen molar-refractivity contribution in [2.45, 2.75) is 13.0 Å². The average molecular weight is 217 g/mol. The summed E-state index contributed by atoms with van der Waals surface area (Å²) in [5.41, 5.74) is 7.29. The third-order valence-electron chi connectivity index (χ3n) is 2.25. The fourth-order valence-corrected chi connectivity index (χ4v) is 1.42. The Bertz CT molecular complexity index is 468. The molecule has 0 aliphatic carbocycles. The molecule has 0 saturated heterocycles. The van der Waals surface area contributed by atoms with Crippen LogP contribution in [0.1, 0.15) is 17.1 Å². The molecule has 0 amide bonds. The number of nitrogens with zero attached hydrogens (tertiary/aromatic N) is 2. The number of hydrogen-bond acceptors (Lipinski definition) is 3. The Labute approximate surface area is 93.2 Å². The van der Waals surface area contributed by atoms with Crippen molar-refractivity contribution in [2.75, 3.05) is 0 Å². The van der Waals surface area contributed by atoms with Crippen molar-refractivity contribution in [3.63, 3.8) is 0 Å². The van der Waals surface area contributed by atoms with Crippen molar-refractivity contribution in [1.29, 1.82) is 0 Å². The SMILES string of the molecule is NCc1ccnc(Cc2ccc(F)cc2)n1. The topological polar surface area (TPSA) is 51.8 Å². The Balaban J connectivity index is 2.16. The third kappa shape index (κ3) is 2.61. The first kappa shape index (κ1) is 10.7. The van der Waals surface area contributed by atoms with Crippen LogP contribution >= 0.6 is 0 Å². The first-order valence-corrected chi connectivity index (χ1v) is 5.03. The van der Waals surface area contributed by atoms with Gasteiger partial charge in [-0.2, -0.15) is 0 Å². The highest BCUT2D eigenvalue weighted by Crippen LogP contribution is 2.07. The molecule has 16 heavy (non-hydrogen) atoms. The molecule has 0 aliphatic rings. The highest BCUT2D eigenvalue weighted by atomic mass is 19.1. The van der Waals surface area contributed by atoms with E-state index in [0.29, 0.717) is 18.8 Å². The van der Waals surface area contributed by atoms with Crippen LogP contribution in [0, 0.1) is 5.82 Å². The minimum absolute atomic E-state index is 0.236. The molecule has 82 valence electrons. The summed E-state index contributed by atoms with van der Waals surface area (Å²) in [7, 11) is 0. The molecule has 1 aromatic heterocycles. The van der Waals surface area contributed by atoms with E-state index in [1.165, 1.54) is 12.1 Å². The van der Waals surface area contributed by atoms with E-state index in [4.69, 9.17) is 5.73 Å². The first-order valence-electron chi connectivity index (χ1n) is 5.03. The van der Waals surface area contributed by atoms with Crippen molar-refractivity contribution in [1.82, 2.24) is 9.97 Å². The van der Waals surface area contributed by atoms with Gasteiger partial charge in [-0.1, -0.05) is 12.1 Å². The molecule has 0 radical (unpaired) electrons. The maximum atomic E-state index is 12.7. The van der Waals surface area contributed by atoms with E-state index in [0.717, 1.165) is 11.3 Å². The predicted molar refractivity (Wildman–Crippen MR) is 59.1 cm³/mol. The van der Waals surface area contributed by atoms with Gasteiger partial charge in [0, 0.05) is 19.2 Å². The van der Waals surface area contributed by atoms with Gasteiger partial charge in [0.05, 0.1) is 5.69 Å². The second-order valence-corrected chi connectivity index (χ2v) is 3.47. The van der Waals surface area contributed by atoms with Gasteiger partial charge in [-0.3, -0.25) is 0 Å². The fraction of sp³-hybridized carbons (Fsp3) is 0.167. The molecule has 3 nitrogen and oxygen atoms in total. The van der Waals surface area contributed by atoms with Gasteiger partial charge in [-0.15, -0.1) is 0 Å². The lowest BCUT2D eigenvalue weighted by molar-refractivity contribution is 0.627. The zero-order valence-electron chi connectivity index (χ0n) is 8.73. The summed E-state index contributed by atoms with van der Waals surface area (Å²) in [6.45, 7) is 0.402. The Morgan fingerprint density at radius 2 is 1.88 bits per heavy atom. The van der Waals surface area contributed by atoms with E-state index in [-0.39, 0.29) is 5.82 Å². The van der Waals surface area contributed by atoms with Gasteiger partial charge >= 0.3 is 0 Å². The van der Waals surface area contributed by atoms with Crippen LogP contribution < -0.4 is 5.73 Å². The Hall–Kier alpha value is -1.81. The number of rotatable bonds is 3. The van der Waals surface area contributed by atoms with Crippen LogP contribution in [0.3, 0.4) is 0 Å². The summed E-state index contributed by atoms with van der Waals surface area (Å²) < 4.78 is 12.7. The molecule has 1 aromatic carbocycles. The van der Waals surface area contributed by atoms with Crippen LogP contribution in [-0.4, -0.2) is 9.97 Å². The van der Waals surface area contributed by atoms with Crippen LogP contribution in [0.2, 0.25) is 0 Å². The van der Waals surface area contributed by atoms with Crippen LogP contribution in [-0.2, 0) is 13.0 Å². The number of benzene rings is 1. The van der Waals surface area contributed by atoms with E-state index in [1.807, 2.05) is 0 Å². The number of nitrogens with two attached hydrogens (primary N) is 1. The molecule has 0 atom stereocenters. The van der Waals surface area contributed by atoms with Gasteiger partial charge in [0.15, 0.2) is 0 Å². The van der Waals surface area contributed by atoms with Crippen LogP contribution in [0.5, 0.6) is 0 Å². The predicted octanol–water partition coefficient (Wildman–Crippen LogP) is 1.67. The van der Waals surface area contributed by atoms with Crippen LogP contribution in [0.15, 0.2) is 36.5 Å². The maximum absolute atomic E-state index is 12.7. The molecule has 0 aliphatic heterocycles. The van der Waals surface area contributed by atoms with Gasteiger partial charge in [0.25, 0.3) is 0 Å². The van der Waals surface area contributed by atoms with Crippen molar-refractivity contribution in [3.05, 3.63) is 59.4 Å². The van der Waals surface area contributed by atoms with Crippen molar-refractivity contribution >= 4 is 0 Å². The molecular formula is C12H12FN3. The molecule has 1 heterocycles. The van der Waals surface area contributed by atoms with Gasteiger partial charge in [0.1, 0.15) is 11.6 Å². The van der Waals surface area contributed by atoms with E-state index in [1.54, 1.807) is 24.4 Å². The molecule has 4 heteroatoms. The second-order valence-electron chi connectivity index (χ2n) is 3.47. The summed E-state index contributed by atoms with van der Waals surface area (Å²) in [6.07, 6.45) is 2.28. The van der Waals surface area contributed by atoms with E-state index in [2.05, 4.69) is 9.97 Å². The summed E-state index contributed by atoms with van der Waals surface area (Å²) in [5.74, 6) is 0.468. The van der Waals surface area contributed by atoms with Gasteiger partial charge in [0.2, 0.25) is 0 Å². The van der Waals surface area contributed by atoms with Crippen LogP contribution in [0.4, 0.5) is 4.39 Å². The monoisotopic (exact) mass is 217 g/mol. The smallest absolute Gasteiger partial charge is 0.132 e. The minimum Gasteiger partial charge on any atom is -0.325 e. The number of aromatic nitrogens is 2. The molecular weight excluding hydrogens is 205 g/mol. The standard InChI is InChI=1S/C12H12FN3/c13-10-3-1-9(2-4-10)7-12-15-6-5-11(8-14)16-12/h1-6H,7-8,14H2. The van der Waals surface area contributed by atoms with Gasteiger partial charge < -0.3 is 5.73 Å². The molecule has 0 saturated carbocycles. The zero-order chi connectivity index (χ0) is 11.4. The lowest BCUT2D eigenvalue weighted by Gasteiger charge is -2.02. The second kappa shape index (κ2) is 4.81. The van der Waals surface area contributed by atoms with Gasteiger partial charge in [-0.25, -0.2) is 14.4 Å². The molecule has 0 bridgehead atoms. The highest BCUT2D eigenvalue weighted by Gasteiger charge is 2.00. The summed E-state index contributed by atoms with van der Waals surface area (Å²) in [4.78, 5) is 8.42. The van der Waals surface area contributed by atoms with Crippen LogP contribution in [0.25, 0.3) is 0 Å². The minimum atomic E-state index is -0.236. The average Bonchev–Trinajstić information content (AvgIpc) is 2.32. The molecule has 2 rings (SSSR count). The Morgan fingerprint density at radius 1 is 1.12 bits per heavy atom. The van der Waals surface area contributed by atoms with Crippen molar-refractivity contribution < 1.29 is 4.39 Å². The lowest BCUT2D eigenvalue weighted by atomic mass is 10.1. The zero-order valence-corrected chi connectivity index (χ0v) is 8.73. The van der Waals surface area contributed by atoms with Gasteiger partial charge in [-0.05, 0) is 23.8 Å². The Morgan fingerprint density at radius 3 is 2.56 bits per heavy atom. The molecule has 0 unspecified atom stereocenters. The molecule has 2 aromatic rings. The normalized spacial score (nSPS) is 10.4. The van der Waals surface area contributed by atoms with E-state index < -0.39 is 0 Å². The third-order valence-corrected chi connectivity index (χ3v) is 2.25. The maximum Gasteiger partial charge on any atom is 0.132 e. The van der Waals surface area contributed by atoms with E-state index >= 15 is 0 Å². The summed E-state index contributed by atoms with van der Waals surface area (Å²) in [6, 6.07) is 8.11. The van der Waals surface area contributed by atoms with Crippen molar-refractivity contribution in [3.8, 4) is 0 Å². The van der Waals surface area contributed by atoms with Crippen molar-refractivity contribution in [2.24, 2.45) is 5.73 Å². The highest BCUT2D eigenvalue weighted by molar-refractivity contribution is 5.20. The molecule has 0 spiro atoms. The number of halogens is 1. The Kier molecular flexibility index (Phi) is 3.22. The summed E-state index contributed by atoms with van der Waals surface area (Å²) in [5, 5.41) is 0. The largest absolute Gasteiger partial charge is 0.325 e. The summed E-state index contributed by atoms with van der Waals surface area (Å²) >= 11 is 0. The molecule has 2 N–H and O–H groups in total. The van der Waals surface area contributed by atoms with E-state index in [9.17, 15) is 4.39 Å².